The average molecular weight is 562 g/mol. The number of hydrogen-bond acceptors (Lipinski definition) is 10. The summed E-state index contributed by atoms with van der Waals surface area (Å²) in [6.07, 6.45) is -3.26. The quantitative estimate of drug-likeness (QED) is 0.179. The lowest BCUT2D eigenvalue weighted by atomic mass is 9.91. The Morgan fingerprint density at radius 2 is 1.68 bits per heavy atom. The third kappa shape index (κ3) is 6.21. The molecular weight excluding hydrogens is 526 g/mol. The second-order valence-corrected chi connectivity index (χ2v) is 10.3. The van der Waals surface area contributed by atoms with E-state index in [1.54, 1.807) is 0 Å². The first-order valence-electron chi connectivity index (χ1n) is 13.5. The Hall–Kier alpha value is -3.94. The molecule has 5 rings (SSSR count). The predicted octanol–water partition coefficient (Wildman–Crippen LogP) is 0.973. The third-order valence-electron chi connectivity index (χ3n) is 7.14. The van der Waals surface area contributed by atoms with Gasteiger partial charge in [-0.1, -0.05) is 60.7 Å². The number of anilines is 1. The molecule has 1 aliphatic heterocycles. The lowest BCUT2D eigenvalue weighted by molar-refractivity contribution is -0.0511. The maximum atomic E-state index is 13.1. The van der Waals surface area contributed by atoms with Gasteiger partial charge in [0.15, 0.2) is 23.2 Å². The average Bonchev–Trinajstić information content (AvgIpc) is 3.54. The Morgan fingerprint density at radius 1 is 1.02 bits per heavy atom. The summed E-state index contributed by atoms with van der Waals surface area (Å²) in [5, 5.41) is 36.8. The van der Waals surface area contributed by atoms with E-state index in [1.165, 1.54) is 10.9 Å². The lowest BCUT2D eigenvalue weighted by Crippen LogP contribution is -2.33. The normalized spacial score (nSPS) is 20.7. The highest BCUT2D eigenvalue weighted by Crippen LogP contribution is 2.33. The zero-order chi connectivity index (χ0) is 28.9. The van der Waals surface area contributed by atoms with Crippen LogP contribution < -0.4 is 10.6 Å². The summed E-state index contributed by atoms with van der Waals surface area (Å²) >= 11 is 0. The molecule has 4 atom stereocenters. The number of aromatic nitrogens is 4. The second-order valence-electron chi connectivity index (χ2n) is 10.3. The number of nitrogens with one attached hydrogen (secondary N) is 2. The lowest BCUT2D eigenvalue weighted by Gasteiger charge is -2.20. The summed E-state index contributed by atoms with van der Waals surface area (Å²) in [5.74, 6) is -0.228. The Labute approximate surface area is 237 Å². The predicted molar refractivity (Wildman–Crippen MR) is 152 cm³/mol. The molecule has 1 saturated heterocycles. The minimum absolute atomic E-state index is 0.0256. The van der Waals surface area contributed by atoms with E-state index in [9.17, 15) is 20.1 Å². The minimum atomic E-state index is -1.34. The molecule has 216 valence electrons. The van der Waals surface area contributed by atoms with E-state index >= 15 is 0 Å². The van der Waals surface area contributed by atoms with Gasteiger partial charge in [-0.15, -0.1) is 0 Å². The molecule has 1 aliphatic rings. The molecule has 0 saturated carbocycles. The summed E-state index contributed by atoms with van der Waals surface area (Å²) in [5.41, 5.74) is 2.82. The van der Waals surface area contributed by atoms with Crippen molar-refractivity contribution in [1.29, 1.82) is 0 Å². The highest BCUT2D eigenvalue weighted by atomic mass is 16.6. The molecule has 1 fully saturated rings. The third-order valence-corrected chi connectivity index (χ3v) is 7.14. The largest absolute Gasteiger partial charge is 0.394 e. The number of aliphatic hydroxyl groups is 3. The van der Waals surface area contributed by atoms with Crippen molar-refractivity contribution in [3.8, 4) is 0 Å². The molecular formula is C29H35N7O5. The standard InChI is InChI=1S/C29H35N7O5/c1-35(2)14-13-30-28(40)26-33-25(31-15-20(18-9-5-3-6-10-18)19-11-7-4-8-12-19)22-27(34-26)36(17-32-22)29-24(39)23(38)21(16-37)41-29/h3-12,17,20-21,23-24,29,37-39H,13-16H2,1-2H3,(H,30,40)(H,31,33,34)/t21-,23-,24-,29-/m1/s1. The van der Waals surface area contributed by atoms with E-state index in [0.29, 0.717) is 31.0 Å². The number of nitrogens with zero attached hydrogens (tertiary/aromatic N) is 5. The van der Waals surface area contributed by atoms with Crippen molar-refractivity contribution in [2.45, 2.75) is 30.5 Å². The molecule has 1 amide bonds. The van der Waals surface area contributed by atoms with Crippen LogP contribution in [0.5, 0.6) is 0 Å². The van der Waals surface area contributed by atoms with Crippen molar-refractivity contribution in [2.24, 2.45) is 0 Å². The number of carbonyl (C=O) groups is 1. The van der Waals surface area contributed by atoms with Gasteiger partial charge in [-0.2, -0.15) is 0 Å². The van der Waals surface area contributed by atoms with Crippen molar-refractivity contribution in [3.63, 3.8) is 0 Å². The van der Waals surface area contributed by atoms with Crippen LogP contribution in [0.15, 0.2) is 67.0 Å². The van der Waals surface area contributed by atoms with Crippen LogP contribution >= 0.6 is 0 Å². The molecule has 4 aromatic rings. The van der Waals surface area contributed by atoms with Crippen LogP contribution in [0, 0.1) is 0 Å². The molecule has 0 unspecified atom stereocenters. The molecule has 2 aromatic heterocycles. The van der Waals surface area contributed by atoms with Crippen LogP contribution in [0.2, 0.25) is 0 Å². The number of aliphatic hydroxyl groups excluding tert-OH is 3. The van der Waals surface area contributed by atoms with Gasteiger partial charge in [0.05, 0.1) is 12.9 Å². The SMILES string of the molecule is CN(C)CCNC(=O)c1nc(NCC(c2ccccc2)c2ccccc2)c2ncn([C@@H]3O[C@H](CO)[C@@H](O)[C@H]3O)c2n1. The second kappa shape index (κ2) is 12.7. The van der Waals surface area contributed by atoms with Crippen molar-refractivity contribution in [2.75, 3.05) is 45.7 Å². The van der Waals surface area contributed by atoms with E-state index in [2.05, 4.69) is 49.9 Å². The molecule has 12 nitrogen and oxygen atoms in total. The summed E-state index contributed by atoms with van der Waals surface area (Å²) in [4.78, 5) is 28.6. The summed E-state index contributed by atoms with van der Waals surface area (Å²) in [6.45, 7) is 1.01. The molecule has 41 heavy (non-hydrogen) atoms. The molecule has 3 heterocycles. The van der Waals surface area contributed by atoms with Crippen molar-refractivity contribution >= 4 is 22.9 Å². The van der Waals surface area contributed by atoms with Gasteiger partial charge in [0, 0.05) is 25.6 Å². The number of likely N-dealkylation sites (N-methyl/N-ethyl adjacent to an activating group) is 1. The van der Waals surface area contributed by atoms with E-state index in [0.717, 1.165) is 11.1 Å². The van der Waals surface area contributed by atoms with Gasteiger partial charge in [-0.05, 0) is 25.2 Å². The molecule has 0 spiro atoms. The Balaban J connectivity index is 1.51. The Kier molecular flexibility index (Phi) is 8.86. The van der Waals surface area contributed by atoms with E-state index < -0.39 is 37.1 Å². The zero-order valence-corrected chi connectivity index (χ0v) is 23.0. The fraction of sp³-hybridized carbons (Fsp3) is 0.379. The smallest absolute Gasteiger partial charge is 0.289 e. The first kappa shape index (κ1) is 28.6. The highest BCUT2D eigenvalue weighted by molar-refractivity contribution is 5.94. The van der Waals surface area contributed by atoms with Crippen LogP contribution in [0.3, 0.4) is 0 Å². The van der Waals surface area contributed by atoms with Crippen LogP contribution in [-0.4, -0.2) is 104 Å². The first-order chi connectivity index (χ1) is 19.9. The number of carbonyl (C=O) groups excluding carboxylic acids is 1. The summed E-state index contributed by atoms with van der Waals surface area (Å²) in [6, 6.07) is 20.2. The zero-order valence-electron chi connectivity index (χ0n) is 23.0. The fourth-order valence-electron chi connectivity index (χ4n) is 4.91. The van der Waals surface area contributed by atoms with E-state index in [1.807, 2.05) is 55.4 Å². The van der Waals surface area contributed by atoms with Gasteiger partial charge in [0.25, 0.3) is 5.91 Å². The van der Waals surface area contributed by atoms with Crippen LogP contribution in [0.4, 0.5) is 5.82 Å². The number of rotatable bonds is 11. The first-order valence-corrected chi connectivity index (χ1v) is 13.5. The number of imidazole rings is 1. The van der Waals surface area contributed by atoms with Crippen LogP contribution in [0.1, 0.15) is 33.9 Å². The fourth-order valence-corrected chi connectivity index (χ4v) is 4.91. The van der Waals surface area contributed by atoms with Crippen molar-refractivity contribution < 1.29 is 24.9 Å². The van der Waals surface area contributed by atoms with Gasteiger partial charge in [-0.25, -0.2) is 15.0 Å². The summed E-state index contributed by atoms with van der Waals surface area (Å²) < 4.78 is 7.17. The monoisotopic (exact) mass is 561 g/mol. The minimum Gasteiger partial charge on any atom is -0.394 e. The molecule has 2 aromatic carbocycles. The Bertz CT molecular complexity index is 1410. The van der Waals surface area contributed by atoms with Crippen molar-refractivity contribution in [3.05, 3.63) is 83.9 Å². The highest BCUT2D eigenvalue weighted by Gasteiger charge is 2.44. The molecule has 0 radical (unpaired) electrons. The molecule has 12 heteroatoms. The van der Waals surface area contributed by atoms with E-state index in [4.69, 9.17) is 4.74 Å². The molecule has 0 bridgehead atoms. The maximum absolute atomic E-state index is 13.1. The number of fused-ring (bicyclic) bond motifs is 1. The van der Waals surface area contributed by atoms with Crippen LogP contribution in [-0.2, 0) is 4.74 Å². The topological polar surface area (TPSA) is 158 Å². The van der Waals surface area contributed by atoms with Gasteiger partial charge in [-0.3, -0.25) is 9.36 Å². The summed E-state index contributed by atoms with van der Waals surface area (Å²) in [7, 11) is 3.82. The number of hydrogen-bond donors (Lipinski definition) is 5. The molecule has 0 aliphatic carbocycles. The van der Waals surface area contributed by atoms with E-state index in [-0.39, 0.29) is 17.4 Å². The number of ether oxygens (including phenoxy) is 1. The van der Waals surface area contributed by atoms with Crippen molar-refractivity contribution in [1.82, 2.24) is 29.7 Å². The van der Waals surface area contributed by atoms with Crippen LogP contribution in [0.25, 0.3) is 11.2 Å². The molecule has 5 N–H and O–H groups in total. The van der Waals surface area contributed by atoms with Gasteiger partial charge >= 0.3 is 0 Å². The van der Waals surface area contributed by atoms with Gasteiger partial charge < -0.3 is 35.6 Å². The van der Waals surface area contributed by atoms with Gasteiger partial charge in [0.1, 0.15) is 18.3 Å². The van der Waals surface area contributed by atoms with Gasteiger partial charge in [0.2, 0.25) is 5.82 Å². The maximum Gasteiger partial charge on any atom is 0.289 e. The Morgan fingerprint density at radius 3 is 2.27 bits per heavy atom. The number of amides is 1. The number of benzene rings is 2.